The van der Waals surface area contributed by atoms with Crippen molar-refractivity contribution in [1.29, 1.82) is 0 Å². The van der Waals surface area contributed by atoms with Gasteiger partial charge in [0.2, 0.25) is 23.6 Å². The number of benzene rings is 6. The van der Waals surface area contributed by atoms with Crippen LogP contribution in [0.5, 0.6) is 0 Å². The van der Waals surface area contributed by atoms with Gasteiger partial charge in [0.15, 0.2) is 0 Å². The smallest absolute Gasteiger partial charge is 0.246 e. The number of hydrogen-bond donors (Lipinski definition) is 0. The number of halogens is 1. The molecule has 12 nitrogen and oxygen atoms in total. The zero-order chi connectivity index (χ0) is 65.1. The quantitative estimate of drug-likeness (QED) is 0.0698. The van der Waals surface area contributed by atoms with E-state index in [2.05, 4.69) is 90.6 Å². The SMILES string of the molecule is CCC(C)N1CCN(C(=O)/C=C/c2ccccc2)CC1.CCCCN1CCN(C(=O)/C=C/c2ccccc2)CC1.Cc1ccc(CCCN2CCN(C(=O)/C=C/c3ccccc3)CC2)c(Cl)c1.Cc1ccc(CCN2CCN(C(=O)/C=C/c3ccccc3)CC2)cc1. The van der Waals surface area contributed by atoms with Gasteiger partial charge in [-0.05, 0) is 135 Å². The van der Waals surface area contributed by atoms with E-state index in [4.69, 9.17) is 11.6 Å². The summed E-state index contributed by atoms with van der Waals surface area (Å²) in [6.45, 7) is 28.5. The van der Waals surface area contributed by atoms with E-state index in [-0.39, 0.29) is 23.6 Å². The van der Waals surface area contributed by atoms with Gasteiger partial charge in [-0.1, -0.05) is 195 Å². The zero-order valence-corrected chi connectivity index (χ0v) is 56.3. The summed E-state index contributed by atoms with van der Waals surface area (Å²) in [4.78, 5) is 66.5. The fourth-order valence-electron chi connectivity index (χ4n) is 11.3. The number of rotatable bonds is 20. The third kappa shape index (κ3) is 26.1. The van der Waals surface area contributed by atoms with E-state index in [9.17, 15) is 19.2 Å². The van der Waals surface area contributed by atoms with Crippen LogP contribution < -0.4 is 0 Å². The topological polar surface area (TPSA) is 94.2 Å². The van der Waals surface area contributed by atoms with Crippen molar-refractivity contribution >= 4 is 59.5 Å². The molecule has 1 unspecified atom stereocenters. The van der Waals surface area contributed by atoms with Gasteiger partial charge in [-0.25, -0.2) is 0 Å². The van der Waals surface area contributed by atoms with Crippen molar-refractivity contribution in [2.24, 2.45) is 0 Å². The monoisotopic (exact) mass is 1260 g/mol. The van der Waals surface area contributed by atoms with Crippen molar-refractivity contribution in [3.63, 3.8) is 0 Å². The highest BCUT2D eigenvalue weighted by Crippen LogP contribution is 2.20. The summed E-state index contributed by atoms with van der Waals surface area (Å²) in [5, 5.41) is 0.871. The second kappa shape index (κ2) is 40.3. The molecule has 0 radical (unpaired) electrons. The maximum Gasteiger partial charge on any atom is 0.246 e. The van der Waals surface area contributed by atoms with Gasteiger partial charge in [0.25, 0.3) is 0 Å². The van der Waals surface area contributed by atoms with E-state index in [1.807, 2.05) is 171 Å². The first-order valence-electron chi connectivity index (χ1n) is 33.6. The Morgan fingerprint density at radius 1 is 0.402 bits per heavy atom. The van der Waals surface area contributed by atoms with Crippen LogP contribution >= 0.6 is 11.6 Å². The zero-order valence-electron chi connectivity index (χ0n) is 55.6. The minimum absolute atomic E-state index is 0.102. The molecule has 0 spiro atoms. The lowest BCUT2D eigenvalue weighted by Crippen LogP contribution is -2.50. The first-order chi connectivity index (χ1) is 44.8. The number of piperazine rings is 4. The lowest BCUT2D eigenvalue weighted by molar-refractivity contribution is -0.128. The van der Waals surface area contributed by atoms with Gasteiger partial charge in [0, 0.05) is 147 Å². The van der Waals surface area contributed by atoms with Crippen molar-refractivity contribution in [2.45, 2.75) is 79.2 Å². The third-order valence-corrected chi connectivity index (χ3v) is 17.9. The number of nitrogens with zero attached hydrogens (tertiary/aromatic N) is 8. The third-order valence-electron chi connectivity index (χ3n) is 17.6. The average molecular weight is 1260 g/mol. The Morgan fingerprint density at radius 3 is 1.09 bits per heavy atom. The molecule has 0 bridgehead atoms. The fourth-order valence-corrected chi connectivity index (χ4v) is 11.7. The first kappa shape index (κ1) is 71.7. The van der Waals surface area contributed by atoms with Gasteiger partial charge in [0.05, 0.1) is 0 Å². The Balaban J connectivity index is 0.000000175. The summed E-state index contributed by atoms with van der Waals surface area (Å²) in [5.74, 6) is 0.466. The van der Waals surface area contributed by atoms with Crippen LogP contribution in [-0.2, 0) is 32.0 Å². The first-order valence-corrected chi connectivity index (χ1v) is 34.0. The molecule has 1 atom stereocenters. The molecular weight excluding hydrogens is 1160 g/mol. The van der Waals surface area contributed by atoms with E-state index in [1.54, 1.807) is 24.3 Å². The molecule has 4 saturated heterocycles. The van der Waals surface area contributed by atoms with Crippen LogP contribution in [0.15, 0.2) is 188 Å². The Kier molecular flexibility index (Phi) is 31.4. The largest absolute Gasteiger partial charge is 0.337 e. The number of amides is 4. The van der Waals surface area contributed by atoms with E-state index in [1.165, 1.54) is 48.1 Å². The molecule has 4 fully saturated rings. The summed E-state index contributed by atoms with van der Waals surface area (Å²) in [6.07, 6.45) is 21.1. The molecule has 4 aliphatic rings. The molecule has 0 saturated carbocycles. The van der Waals surface area contributed by atoms with Crippen molar-refractivity contribution in [1.82, 2.24) is 39.2 Å². The minimum atomic E-state index is 0.102. The summed E-state index contributed by atoms with van der Waals surface area (Å²) >= 11 is 6.31. The predicted octanol–water partition coefficient (Wildman–Crippen LogP) is 13.1. The minimum Gasteiger partial charge on any atom is -0.337 e. The summed E-state index contributed by atoms with van der Waals surface area (Å²) in [6, 6.07) is 55.5. The van der Waals surface area contributed by atoms with Crippen LogP contribution in [0, 0.1) is 13.8 Å². The van der Waals surface area contributed by atoms with Crippen LogP contribution in [0.25, 0.3) is 24.3 Å². The van der Waals surface area contributed by atoms with Crippen molar-refractivity contribution in [3.8, 4) is 0 Å². The molecule has 4 aliphatic heterocycles. The maximum absolute atomic E-state index is 12.3. The second-order valence-corrected chi connectivity index (χ2v) is 24.8. The Bertz CT molecular complexity index is 3220. The number of hydrogen-bond acceptors (Lipinski definition) is 8. The Hall–Kier alpha value is -7.71. The number of carbonyl (C=O) groups is 4. The van der Waals surface area contributed by atoms with E-state index >= 15 is 0 Å². The second-order valence-electron chi connectivity index (χ2n) is 24.4. The highest BCUT2D eigenvalue weighted by Gasteiger charge is 2.24. The molecule has 13 heteroatoms. The maximum atomic E-state index is 12.3. The highest BCUT2D eigenvalue weighted by molar-refractivity contribution is 6.31. The summed E-state index contributed by atoms with van der Waals surface area (Å²) < 4.78 is 0. The van der Waals surface area contributed by atoms with Crippen LogP contribution in [0.4, 0.5) is 0 Å². The van der Waals surface area contributed by atoms with Gasteiger partial charge < -0.3 is 19.6 Å². The van der Waals surface area contributed by atoms with Crippen LogP contribution in [0.3, 0.4) is 0 Å². The molecule has 0 aromatic heterocycles. The molecule has 92 heavy (non-hydrogen) atoms. The van der Waals surface area contributed by atoms with Gasteiger partial charge >= 0.3 is 0 Å². The van der Waals surface area contributed by atoms with E-state index in [0.29, 0.717) is 6.04 Å². The normalized spacial score (nSPS) is 16.4. The Morgan fingerprint density at radius 2 is 0.739 bits per heavy atom. The lowest BCUT2D eigenvalue weighted by Gasteiger charge is -2.37. The summed E-state index contributed by atoms with van der Waals surface area (Å²) in [5.41, 5.74) is 9.37. The standard InChI is InChI=1S/C23H27ClN2O.C22H26N2O.2C17H24N2O/c1-19-9-11-21(22(24)18-19)8-5-13-25-14-16-26(17-15-25)23(27)12-10-20-6-3-2-4-7-20;1-19-7-9-21(10-8-19)13-14-23-15-17-24(18-16-23)22(25)12-11-20-5-3-2-4-6-20;1-3-15(2)18-11-13-19(14-12-18)17(20)10-9-16-7-5-4-6-8-16;1-2-3-11-18-12-14-19(15-13-18)17(20)10-9-16-7-5-4-6-8-16/h2-4,6-7,9-12,18H,5,8,13-17H2,1H3;2-12H,13-18H2,1H3;4-10,15H,3,11-14H2,1-2H3;4-10H,2-3,11-15H2,1H3/b12-10+;12-11+;2*10-9+. The molecular formula is C79H101ClN8O4. The van der Waals surface area contributed by atoms with Gasteiger partial charge in [-0.15, -0.1) is 0 Å². The van der Waals surface area contributed by atoms with Crippen LogP contribution in [0.1, 0.15) is 91.0 Å². The Labute approximate surface area is 556 Å². The average Bonchev–Trinajstić information content (AvgIpc) is 3.15. The predicted molar refractivity (Wildman–Crippen MR) is 383 cm³/mol. The van der Waals surface area contributed by atoms with E-state index < -0.39 is 0 Å². The highest BCUT2D eigenvalue weighted by atomic mass is 35.5. The molecule has 10 rings (SSSR count). The van der Waals surface area contributed by atoms with Crippen molar-refractivity contribution < 1.29 is 19.2 Å². The molecule has 4 heterocycles. The molecule has 4 amide bonds. The van der Waals surface area contributed by atoms with Gasteiger partial charge in [-0.2, -0.15) is 0 Å². The van der Waals surface area contributed by atoms with Crippen molar-refractivity contribution in [3.05, 3.63) is 238 Å². The molecule has 6 aromatic rings. The number of aryl methyl sites for hydroxylation is 3. The van der Waals surface area contributed by atoms with Crippen LogP contribution in [-0.4, -0.2) is 193 Å². The molecule has 6 aromatic carbocycles. The van der Waals surface area contributed by atoms with E-state index in [0.717, 1.165) is 164 Å². The van der Waals surface area contributed by atoms with Gasteiger partial charge in [0.1, 0.15) is 0 Å². The lowest BCUT2D eigenvalue weighted by atomic mass is 10.1. The molecule has 0 N–H and O–H groups in total. The molecule has 0 aliphatic carbocycles. The molecule has 488 valence electrons. The fraction of sp³-hybridized carbons (Fsp3) is 0.392. The van der Waals surface area contributed by atoms with Crippen LogP contribution in [0.2, 0.25) is 5.02 Å². The number of unbranched alkanes of at least 4 members (excludes halogenated alkanes) is 1. The summed E-state index contributed by atoms with van der Waals surface area (Å²) in [7, 11) is 0. The number of carbonyl (C=O) groups excluding carboxylic acids is 4. The van der Waals surface area contributed by atoms with Gasteiger partial charge in [-0.3, -0.25) is 38.8 Å². The van der Waals surface area contributed by atoms with Crippen molar-refractivity contribution in [2.75, 3.05) is 124 Å².